The standard InChI is InChI=1S/C24H31O2P/c1-3-12-20-19-21(26-4-2)13-11-18-24(20)27(25,22-14-7-5-8-15-22)23-16-9-6-10-17-23/h5-10,13-17,20,24H,3-4,11-12,18-19H2,1-2H3/t20-,24-/m1/s1. The Bertz CT molecular complexity index is 739. The van der Waals surface area contributed by atoms with Crippen molar-refractivity contribution in [2.24, 2.45) is 5.92 Å². The molecule has 3 rings (SSSR count). The van der Waals surface area contributed by atoms with Gasteiger partial charge in [-0.3, -0.25) is 0 Å². The fourth-order valence-electron chi connectivity index (χ4n) is 4.41. The predicted molar refractivity (Wildman–Crippen MR) is 116 cm³/mol. The average Bonchev–Trinajstić information content (AvgIpc) is 2.92. The van der Waals surface area contributed by atoms with Crippen LogP contribution in [0, 0.1) is 5.92 Å². The maximum atomic E-state index is 14.8. The van der Waals surface area contributed by atoms with Crippen LogP contribution < -0.4 is 10.6 Å². The van der Waals surface area contributed by atoms with E-state index >= 15 is 0 Å². The molecule has 0 amide bonds. The maximum absolute atomic E-state index is 14.8. The Morgan fingerprint density at radius 1 is 0.963 bits per heavy atom. The van der Waals surface area contributed by atoms with Crippen molar-refractivity contribution in [2.75, 3.05) is 6.61 Å². The van der Waals surface area contributed by atoms with Crippen LogP contribution in [0.5, 0.6) is 0 Å². The maximum Gasteiger partial charge on any atom is 0.146 e. The van der Waals surface area contributed by atoms with Crippen LogP contribution in [0.4, 0.5) is 0 Å². The molecule has 0 unspecified atom stereocenters. The van der Waals surface area contributed by atoms with Gasteiger partial charge in [0.25, 0.3) is 0 Å². The Morgan fingerprint density at radius 2 is 1.56 bits per heavy atom. The summed E-state index contributed by atoms with van der Waals surface area (Å²) in [6, 6.07) is 20.3. The van der Waals surface area contributed by atoms with E-state index in [1.54, 1.807) is 0 Å². The summed E-state index contributed by atoms with van der Waals surface area (Å²) in [6.45, 7) is 4.96. The highest BCUT2D eigenvalue weighted by molar-refractivity contribution is 7.79. The van der Waals surface area contributed by atoms with E-state index in [1.165, 1.54) is 0 Å². The normalized spacial score (nSPS) is 20.6. The molecular formula is C24H31O2P. The van der Waals surface area contributed by atoms with Crippen LogP contribution >= 0.6 is 7.14 Å². The Labute approximate surface area is 164 Å². The topological polar surface area (TPSA) is 26.3 Å². The second kappa shape index (κ2) is 9.42. The molecule has 2 aromatic carbocycles. The Morgan fingerprint density at radius 3 is 2.07 bits per heavy atom. The van der Waals surface area contributed by atoms with Gasteiger partial charge in [0.2, 0.25) is 0 Å². The molecule has 0 radical (unpaired) electrons. The van der Waals surface area contributed by atoms with Crippen molar-refractivity contribution in [3.63, 3.8) is 0 Å². The summed E-state index contributed by atoms with van der Waals surface area (Å²) in [5.74, 6) is 1.47. The van der Waals surface area contributed by atoms with E-state index in [4.69, 9.17) is 4.74 Å². The van der Waals surface area contributed by atoms with Gasteiger partial charge in [0.15, 0.2) is 0 Å². The molecule has 0 saturated carbocycles. The third-order valence-corrected chi connectivity index (χ3v) is 9.32. The van der Waals surface area contributed by atoms with Crippen LogP contribution in [0.1, 0.15) is 46.0 Å². The Balaban J connectivity index is 2.07. The van der Waals surface area contributed by atoms with E-state index in [2.05, 4.69) is 37.3 Å². The van der Waals surface area contributed by atoms with Gasteiger partial charge < -0.3 is 9.30 Å². The van der Waals surface area contributed by atoms with Crippen molar-refractivity contribution in [2.45, 2.75) is 51.6 Å². The lowest BCUT2D eigenvalue weighted by molar-refractivity contribution is 0.205. The molecule has 3 heteroatoms. The minimum atomic E-state index is -2.75. The summed E-state index contributed by atoms with van der Waals surface area (Å²) in [6.07, 6.45) is 7.19. The van der Waals surface area contributed by atoms with Crippen LogP contribution in [-0.2, 0) is 9.30 Å². The highest BCUT2D eigenvalue weighted by atomic mass is 31.2. The first-order valence-electron chi connectivity index (χ1n) is 10.2. The highest BCUT2D eigenvalue weighted by Gasteiger charge is 2.41. The van der Waals surface area contributed by atoms with Crippen molar-refractivity contribution >= 4 is 17.8 Å². The van der Waals surface area contributed by atoms with Gasteiger partial charge in [0.05, 0.1) is 12.4 Å². The molecule has 0 bridgehead atoms. The van der Waals surface area contributed by atoms with Gasteiger partial charge in [0.1, 0.15) is 7.14 Å². The van der Waals surface area contributed by atoms with Crippen molar-refractivity contribution in [3.05, 3.63) is 72.5 Å². The van der Waals surface area contributed by atoms with E-state index < -0.39 is 7.14 Å². The molecule has 1 aliphatic carbocycles. The minimum Gasteiger partial charge on any atom is -0.499 e. The summed E-state index contributed by atoms with van der Waals surface area (Å²) < 4.78 is 20.7. The molecule has 27 heavy (non-hydrogen) atoms. The largest absolute Gasteiger partial charge is 0.499 e. The van der Waals surface area contributed by atoms with E-state index in [0.717, 1.165) is 48.5 Å². The van der Waals surface area contributed by atoms with Crippen LogP contribution in [0.3, 0.4) is 0 Å². The van der Waals surface area contributed by atoms with Crippen LogP contribution in [-0.4, -0.2) is 12.3 Å². The van der Waals surface area contributed by atoms with E-state index in [0.29, 0.717) is 12.5 Å². The molecule has 0 aromatic heterocycles. The van der Waals surface area contributed by atoms with Gasteiger partial charge in [-0.25, -0.2) is 0 Å². The first-order valence-corrected chi connectivity index (χ1v) is 12.0. The molecule has 144 valence electrons. The van der Waals surface area contributed by atoms with Crippen LogP contribution in [0.25, 0.3) is 0 Å². The van der Waals surface area contributed by atoms with Crippen molar-refractivity contribution in [1.82, 2.24) is 0 Å². The third-order valence-electron chi connectivity index (χ3n) is 5.58. The fourth-order valence-corrected chi connectivity index (χ4v) is 8.06. The summed E-state index contributed by atoms with van der Waals surface area (Å²) in [5, 5.41) is 1.98. The van der Waals surface area contributed by atoms with E-state index in [-0.39, 0.29) is 5.66 Å². The second-order valence-corrected chi connectivity index (χ2v) is 10.3. The van der Waals surface area contributed by atoms with Crippen molar-refractivity contribution in [3.8, 4) is 0 Å². The fraction of sp³-hybridized carbons (Fsp3) is 0.417. The molecule has 0 fully saturated rings. The molecule has 1 aliphatic rings. The van der Waals surface area contributed by atoms with Gasteiger partial charge in [-0.05, 0) is 38.2 Å². The molecule has 2 nitrogen and oxygen atoms in total. The smallest absolute Gasteiger partial charge is 0.146 e. The first kappa shape index (κ1) is 20.0. The molecule has 2 aromatic rings. The lowest BCUT2D eigenvalue weighted by Gasteiger charge is -2.34. The molecule has 0 saturated heterocycles. The van der Waals surface area contributed by atoms with Crippen LogP contribution in [0.2, 0.25) is 0 Å². The molecule has 0 heterocycles. The number of ether oxygens (including phenoxy) is 1. The number of hydrogen-bond acceptors (Lipinski definition) is 2. The monoisotopic (exact) mass is 382 g/mol. The quantitative estimate of drug-likeness (QED) is 0.558. The summed E-state index contributed by atoms with van der Waals surface area (Å²) in [4.78, 5) is 0. The Hall–Kier alpha value is -1.79. The van der Waals surface area contributed by atoms with E-state index in [1.807, 2.05) is 43.3 Å². The zero-order chi connectivity index (χ0) is 19.1. The summed E-state index contributed by atoms with van der Waals surface area (Å²) in [5.41, 5.74) is 0.149. The lowest BCUT2D eigenvalue weighted by atomic mass is 9.94. The van der Waals surface area contributed by atoms with Crippen molar-refractivity contribution in [1.29, 1.82) is 0 Å². The number of benzene rings is 2. The highest BCUT2D eigenvalue weighted by Crippen LogP contribution is 2.55. The number of allylic oxidation sites excluding steroid dienone is 2. The molecular weight excluding hydrogens is 351 g/mol. The van der Waals surface area contributed by atoms with Gasteiger partial charge in [0, 0.05) is 22.7 Å². The minimum absolute atomic E-state index is 0.149. The molecule has 0 spiro atoms. The van der Waals surface area contributed by atoms with Gasteiger partial charge in [-0.1, -0.05) is 74.0 Å². The van der Waals surface area contributed by atoms with Gasteiger partial charge in [-0.2, -0.15) is 0 Å². The third kappa shape index (κ3) is 4.38. The van der Waals surface area contributed by atoms with Gasteiger partial charge >= 0.3 is 0 Å². The number of rotatable bonds is 7. The SMILES string of the molecule is CCC[C@@H]1CC(OCC)=CCC[C@H]1P(=O)(c1ccccc1)c1ccccc1. The van der Waals surface area contributed by atoms with Gasteiger partial charge in [-0.15, -0.1) is 0 Å². The van der Waals surface area contributed by atoms with E-state index in [9.17, 15) is 4.57 Å². The zero-order valence-corrected chi connectivity index (χ0v) is 17.4. The van der Waals surface area contributed by atoms with Crippen molar-refractivity contribution < 1.29 is 9.30 Å². The zero-order valence-electron chi connectivity index (χ0n) is 16.5. The Kier molecular flexibility index (Phi) is 6.96. The first-order chi connectivity index (χ1) is 13.2. The molecule has 0 aliphatic heterocycles. The molecule has 0 N–H and O–H groups in total. The number of hydrogen-bond donors (Lipinski definition) is 0. The van der Waals surface area contributed by atoms with Crippen LogP contribution in [0.15, 0.2) is 72.5 Å². The second-order valence-electron chi connectivity index (χ2n) is 7.33. The summed E-state index contributed by atoms with van der Waals surface area (Å²) >= 11 is 0. The lowest BCUT2D eigenvalue weighted by Crippen LogP contribution is -2.31. The summed E-state index contributed by atoms with van der Waals surface area (Å²) in [7, 11) is -2.75. The average molecular weight is 382 g/mol. The predicted octanol–water partition coefficient (Wildman–Crippen LogP) is 5.89. The molecule has 2 atom stereocenters.